The molecule has 1 aromatic carbocycles. The highest BCUT2D eigenvalue weighted by atomic mass is 79.9. The number of hydrogen-bond acceptors (Lipinski definition) is 7. The van der Waals surface area contributed by atoms with Crippen molar-refractivity contribution < 1.29 is 24.2 Å². The second kappa shape index (κ2) is 11.6. The number of aliphatic carboxylic acids is 1. The molecule has 0 spiro atoms. The highest BCUT2D eigenvalue weighted by molar-refractivity contribution is 9.13. The molecule has 11 heteroatoms. The Morgan fingerprint density at radius 1 is 1.34 bits per heavy atom. The molecular formula is C18H21Br2N3O5S. The van der Waals surface area contributed by atoms with Gasteiger partial charge < -0.3 is 19.9 Å². The molecule has 29 heavy (non-hydrogen) atoms. The van der Waals surface area contributed by atoms with E-state index in [0.717, 1.165) is 29.1 Å². The summed E-state index contributed by atoms with van der Waals surface area (Å²) in [6.07, 6.45) is 3.20. The van der Waals surface area contributed by atoms with Gasteiger partial charge >= 0.3 is 5.97 Å². The number of carboxylic acids is 1. The minimum absolute atomic E-state index is 0.261. The van der Waals surface area contributed by atoms with Crippen molar-refractivity contribution in [1.29, 1.82) is 0 Å². The Hall–Kier alpha value is -1.59. The fourth-order valence-corrected chi connectivity index (χ4v) is 4.15. The summed E-state index contributed by atoms with van der Waals surface area (Å²) in [6, 6.07) is 1.79. The molecule has 1 aromatic rings. The van der Waals surface area contributed by atoms with E-state index in [-0.39, 0.29) is 17.5 Å². The molecule has 0 aliphatic carbocycles. The van der Waals surface area contributed by atoms with Gasteiger partial charge in [-0.2, -0.15) is 5.10 Å². The highest BCUT2D eigenvalue weighted by Gasteiger charge is 2.32. The molecule has 8 nitrogen and oxygen atoms in total. The predicted octanol–water partition coefficient (Wildman–Crippen LogP) is 4.19. The van der Waals surface area contributed by atoms with E-state index in [1.807, 2.05) is 6.92 Å². The number of carbonyl (C=O) groups excluding carboxylic acids is 1. The van der Waals surface area contributed by atoms with Crippen LogP contribution >= 0.6 is 43.6 Å². The van der Waals surface area contributed by atoms with Crippen molar-refractivity contribution in [2.24, 2.45) is 10.2 Å². The standard InChI is InChI=1S/C18H21Br2N3O5S/c1-3-5-6-28-16-11(27-4-2)7-10(14(19)15(16)20)9-21-23-18-22-17(26)12(29-18)8-13(24)25/h7,9,12H,3-6,8H2,1-2H3,(H,24,25)(H,22,23,26). The first-order valence-electron chi connectivity index (χ1n) is 8.95. The quantitative estimate of drug-likeness (QED) is 0.257. The first-order valence-corrected chi connectivity index (χ1v) is 11.4. The Kier molecular flexibility index (Phi) is 9.44. The van der Waals surface area contributed by atoms with Gasteiger partial charge in [-0.25, -0.2) is 0 Å². The average molecular weight is 551 g/mol. The zero-order valence-corrected chi connectivity index (χ0v) is 19.9. The summed E-state index contributed by atoms with van der Waals surface area (Å²) in [6.45, 7) is 5.04. The fraction of sp³-hybridized carbons (Fsp3) is 0.444. The lowest BCUT2D eigenvalue weighted by Crippen LogP contribution is -2.26. The third-order valence-electron chi connectivity index (χ3n) is 3.68. The first kappa shape index (κ1) is 23.7. The molecule has 2 N–H and O–H groups in total. The van der Waals surface area contributed by atoms with Crippen LogP contribution in [0.3, 0.4) is 0 Å². The van der Waals surface area contributed by atoms with Crippen molar-refractivity contribution in [2.75, 3.05) is 13.2 Å². The Balaban J connectivity index is 2.19. The van der Waals surface area contributed by atoms with Gasteiger partial charge in [0.25, 0.3) is 0 Å². The number of hydrogen-bond donors (Lipinski definition) is 2. The van der Waals surface area contributed by atoms with Gasteiger partial charge in [0.1, 0.15) is 5.25 Å². The van der Waals surface area contributed by atoms with Crippen LogP contribution in [-0.2, 0) is 9.59 Å². The number of thioether (sulfide) groups is 1. The van der Waals surface area contributed by atoms with Crippen LogP contribution in [0.4, 0.5) is 0 Å². The Labute approximate surface area is 189 Å². The second-order valence-electron chi connectivity index (χ2n) is 5.90. The van der Waals surface area contributed by atoms with E-state index in [9.17, 15) is 9.59 Å². The van der Waals surface area contributed by atoms with E-state index in [2.05, 4.69) is 54.3 Å². The summed E-state index contributed by atoms with van der Waals surface area (Å²) in [5.41, 5.74) is 0.698. The summed E-state index contributed by atoms with van der Waals surface area (Å²) in [4.78, 5) is 22.5. The lowest BCUT2D eigenvalue weighted by Gasteiger charge is -2.16. The SMILES string of the molecule is CCCCOc1c(OCC)cc(C=NN=C2NC(=O)C(CC(=O)O)S2)c(Br)c1Br. The predicted molar refractivity (Wildman–Crippen MR) is 120 cm³/mol. The normalized spacial score (nSPS) is 17.7. The minimum atomic E-state index is -1.04. The van der Waals surface area contributed by atoms with Crippen LogP contribution in [0.2, 0.25) is 0 Å². The summed E-state index contributed by atoms with van der Waals surface area (Å²) < 4.78 is 13.0. The van der Waals surface area contributed by atoms with E-state index in [0.29, 0.717) is 34.7 Å². The third-order valence-corrected chi connectivity index (χ3v) is 6.90. The molecule has 158 valence electrons. The molecule has 1 saturated heterocycles. The Morgan fingerprint density at radius 2 is 2.10 bits per heavy atom. The average Bonchev–Trinajstić information content (AvgIpc) is 3.00. The second-order valence-corrected chi connectivity index (χ2v) is 8.68. The van der Waals surface area contributed by atoms with E-state index in [1.54, 1.807) is 6.07 Å². The number of amidine groups is 1. The lowest BCUT2D eigenvalue weighted by molar-refractivity contribution is -0.138. The maximum absolute atomic E-state index is 11.7. The number of nitrogens with zero attached hydrogens (tertiary/aromatic N) is 2. The minimum Gasteiger partial charge on any atom is -0.490 e. The van der Waals surface area contributed by atoms with Gasteiger partial charge in [0.15, 0.2) is 16.7 Å². The van der Waals surface area contributed by atoms with E-state index >= 15 is 0 Å². The van der Waals surface area contributed by atoms with Gasteiger partial charge in [0.05, 0.1) is 30.3 Å². The number of halogens is 2. The van der Waals surface area contributed by atoms with Crippen LogP contribution < -0.4 is 14.8 Å². The molecule has 1 amide bonds. The van der Waals surface area contributed by atoms with Crippen LogP contribution in [0, 0.1) is 0 Å². The maximum Gasteiger partial charge on any atom is 0.305 e. The zero-order valence-electron chi connectivity index (χ0n) is 15.9. The molecule has 0 aromatic heterocycles. The molecule has 1 unspecified atom stereocenters. The lowest BCUT2D eigenvalue weighted by atomic mass is 10.2. The Morgan fingerprint density at radius 3 is 2.76 bits per heavy atom. The number of rotatable bonds is 10. The van der Waals surface area contributed by atoms with Crippen molar-refractivity contribution in [1.82, 2.24) is 5.32 Å². The van der Waals surface area contributed by atoms with E-state index < -0.39 is 11.2 Å². The van der Waals surface area contributed by atoms with Gasteiger partial charge in [0, 0.05) is 10.0 Å². The molecule has 1 heterocycles. The van der Waals surface area contributed by atoms with Crippen molar-refractivity contribution in [3.05, 3.63) is 20.6 Å². The zero-order chi connectivity index (χ0) is 21.4. The molecule has 0 bridgehead atoms. The number of benzene rings is 1. The van der Waals surface area contributed by atoms with Crippen molar-refractivity contribution in [3.63, 3.8) is 0 Å². The van der Waals surface area contributed by atoms with Gasteiger partial charge in [-0.3, -0.25) is 9.59 Å². The van der Waals surface area contributed by atoms with Gasteiger partial charge in [0.2, 0.25) is 5.91 Å². The molecule has 2 rings (SSSR count). The van der Waals surface area contributed by atoms with Gasteiger partial charge in [-0.15, -0.1) is 5.10 Å². The van der Waals surface area contributed by atoms with Crippen molar-refractivity contribution in [3.8, 4) is 11.5 Å². The fourth-order valence-electron chi connectivity index (χ4n) is 2.30. The molecule has 1 aliphatic heterocycles. The summed E-state index contributed by atoms with van der Waals surface area (Å²) in [5, 5.41) is 18.9. The highest BCUT2D eigenvalue weighted by Crippen LogP contribution is 2.42. The number of unbranched alkanes of at least 4 members (excludes halogenated alkanes) is 1. The molecule has 1 atom stereocenters. The largest absolute Gasteiger partial charge is 0.490 e. The van der Waals surface area contributed by atoms with E-state index in [4.69, 9.17) is 14.6 Å². The van der Waals surface area contributed by atoms with E-state index in [1.165, 1.54) is 6.21 Å². The van der Waals surface area contributed by atoms with Gasteiger partial charge in [-0.1, -0.05) is 25.1 Å². The van der Waals surface area contributed by atoms with Crippen LogP contribution in [0.15, 0.2) is 25.2 Å². The Bertz CT molecular complexity index is 832. The molecular weight excluding hydrogens is 530 g/mol. The van der Waals surface area contributed by atoms with Crippen LogP contribution in [0.25, 0.3) is 0 Å². The monoisotopic (exact) mass is 549 g/mol. The molecule has 0 saturated carbocycles. The van der Waals surface area contributed by atoms with Crippen LogP contribution in [0.1, 0.15) is 38.7 Å². The number of nitrogens with one attached hydrogen (secondary N) is 1. The summed E-state index contributed by atoms with van der Waals surface area (Å²) in [7, 11) is 0. The number of ether oxygens (including phenoxy) is 2. The summed E-state index contributed by atoms with van der Waals surface area (Å²) >= 11 is 8.10. The topological polar surface area (TPSA) is 110 Å². The number of carbonyl (C=O) groups is 2. The molecule has 0 radical (unpaired) electrons. The third kappa shape index (κ3) is 6.71. The maximum atomic E-state index is 11.7. The van der Waals surface area contributed by atoms with Crippen LogP contribution in [-0.4, -0.2) is 46.8 Å². The number of amides is 1. The number of carboxylic acid groups (broad SMARTS) is 1. The van der Waals surface area contributed by atoms with Gasteiger partial charge in [-0.05, 0) is 51.3 Å². The van der Waals surface area contributed by atoms with Crippen molar-refractivity contribution in [2.45, 2.75) is 38.4 Å². The first-order chi connectivity index (χ1) is 13.9. The van der Waals surface area contributed by atoms with Crippen molar-refractivity contribution >= 4 is 66.9 Å². The van der Waals surface area contributed by atoms with Crippen LogP contribution in [0.5, 0.6) is 11.5 Å². The summed E-state index contributed by atoms with van der Waals surface area (Å²) in [5.74, 6) is -0.230. The molecule has 1 aliphatic rings. The smallest absolute Gasteiger partial charge is 0.305 e. The molecule has 1 fully saturated rings.